The highest BCUT2D eigenvalue weighted by atomic mass is 15.1. The Morgan fingerprint density at radius 2 is 0.879 bits per heavy atom. The second kappa shape index (κ2) is 13.9. The van der Waals surface area contributed by atoms with Crippen molar-refractivity contribution >= 4 is 61.5 Å². The van der Waals surface area contributed by atoms with Crippen molar-refractivity contribution in [2.24, 2.45) is 0 Å². The molecular formula is C57H39N. The third-order valence-electron chi connectivity index (χ3n) is 12.1. The Balaban J connectivity index is 0.936. The normalized spacial score (nSPS) is 12.9. The first-order chi connectivity index (χ1) is 28.8. The molecule has 0 heterocycles. The fourth-order valence-corrected chi connectivity index (χ4v) is 9.45. The van der Waals surface area contributed by atoms with Crippen molar-refractivity contribution < 1.29 is 0 Å². The Morgan fingerprint density at radius 1 is 0.345 bits per heavy atom. The molecular weight excluding hydrogens is 699 g/mol. The highest BCUT2D eigenvalue weighted by Crippen LogP contribution is 2.56. The van der Waals surface area contributed by atoms with E-state index in [2.05, 4.69) is 242 Å². The van der Waals surface area contributed by atoms with Crippen molar-refractivity contribution in [3.63, 3.8) is 0 Å². The number of benzene rings is 10. The van der Waals surface area contributed by atoms with Crippen LogP contribution in [0.25, 0.3) is 55.6 Å². The molecule has 0 radical (unpaired) electrons. The highest BCUT2D eigenvalue weighted by molar-refractivity contribution is 6.17. The Morgan fingerprint density at radius 3 is 1.59 bits per heavy atom. The Hall–Kier alpha value is -7.48. The molecule has 0 aliphatic heterocycles. The van der Waals surface area contributed by atoms with Gasteiger partial charge in [-0.05, 0) is 114 Å². The predicted octanol–water partition coefficient (Wildman–Crippen LogP) is 15.1. The first-order valence-electron chi connectivity index (χ1n) is 20.1. The molecule has 0 saturated carbocycles. The van der Waals surface area contributed by atoms with Gasteiger partial charge in [0.15, 0.2) is 0 Å². The summed E-state index contributed by atoms with van der Waals surface area (Å²) in [6.07, 6.45) is 4.42. The second-order valence-corrected chi connectivity index (χ2v) is 15.3. The van der Waals surface area contributed by atoms with Crippen molar-refractivity contribution in [2.45, 2.75) is 5.41 Å². The number of nitrogens with zero attached hydrogens (tertiary/aromatic N) is 1. The van der Waals surface area contributed by atoms with Gasteiger partial charge < -0.3 is 4.90 Å². The molecule has 0 fully saturated rings. The van der Waals surface area contributed by atoms with Crippen molar-refractivity contribution in [2.75, 3.05) is 4.90 Å². The maximum absolute atomic E-state index is 2.46. The number of anilines is 3. The van der Waals surface area contributed by atoms with Gasteiger partial charge in [0.2, 0.25) is 0 Å². The van der Waals surface area contributed by atoms with E-state index < -0.39 is 5.41 Å². The lowest BCUT2D eigenvalue weighted by molar-refractivity contribution is 0.771. The molecule has 272 valence electrons. The molecule has 0 atom stereocenters. The van der Waals surface area contributed by atoms with Gasteiger partial charge in [0.25, 0.3) is 0 Å². The molecule has 0 amide bonds. The standard InChI is InChI=1S/C57H39N/c1-4-17-47(18-5-1)57(48-19-6-2-7-20-48)52-24-12-16-44-34-35-45-38-46(39-53(57)56(45)55(44)52)42-32-28-40(29-33-42)26-27-41-30-36-50(37-31-41)58(49-21-8-3-9-22-49)54-25-13-15-43-14-10-11-23-51(43)54/h1-39H/b27-26+. The summed E-state index contributed by atoms with van der Waals surface area (Å²) in [7, 11) is 0. The number of hydrogen-bond donors (Lipinski definition) is 0. The maximum Gasteiger partial charge on any atom is 0.0714 e. The first-order valence-corrected chi connectivity index (χ1v) is 20.1. The Bertz CT molecular complexity index is 3080. The number of para-hydroxylation sites is 1. The van der Waals surface area contributed by atoms with Gasteiger partial charge in [-0.15, -0.1) is 0 Å². The fourth-order valence-electron chi connectivity index (χ4n) is 9.45. The summed E-state index contributed by atoms with van der Waals surface area (Å²) in [5.74, 6) is 0. The zero-order chi connectivity index (χ0) is 38.5. The van der Waals surface area contributed by atoms with E-state index in [1.807, 2.05) is 0 Å². The number of hydrogen-bond acceptors (Lipinski definition) is 1. The third-order valence-corrected chi connectivity index (χ3v) is 12.1. The molecule has 1 aliphatic rings. The van der Waals surface area contributed by atoms with Crippen molar-refractivity contribution in [1.82, 2.24) is 0 Å². The summed E-state index contributed by atoms with van der Waals surface area (Å²) in [6, 6.07) is 82.0. The van der Waals surface area contributed by atoms with Gasteiger partial charge in [0.1, 0.15) is 0 Å². The summed E-state index contributed by atoms with van der Waals surface area (Å²) in [6.45, 7) is 0. The molecule has 0 saturated heterocycles. The van der Waals surface area contributed by atoms with E-state index in [9.17, 15) is 0 Å². The average Bonchev–Trinajstić information content (AvgIpc) is 3.61. The summed E-state index contributed by atoms with van der Waals surface area (Å²) >= 11 is 0. The van der Waals surface area contributed by atoms with Gasteiger partial charge in [-0.25, -0.2) is 0 Å². The molecule has 1 aliphatic carbocycles. The largest absolute Gasteiger partial charge is 0.310 e. The van der Waals surface area contributed by atoms with E-state index in [-0.39, 0.29) is 0 Å². The van der Waals surface area contributed by atoms with E-state index in [1.54, 1.807) is 0 Å². The van der Waals surface area contributed by atoms with Crippen molar-refractivity contribution in [3.8, 4) is 11.1 Å². The van der Waals surface area contributed by atoms with Crippen LogP contribution < -0.4 is 4.90 Å². The van der Waals surface area contributed by atoms with Crippen LogP contribution in [0.4, 0.5) is 17.1 Å². The molecule has 0 aromatic heterocycles. The summed E-state index contributed by atoms with van der Waals surface area (Å²) in [4.78, 5) is 2.35. The lowest BCUT2D eigenvalue weighted by Gasteiger charge is -2.34. The fraction of sp³-hybridized carbons (Fsp3) is 0.0175. The molecule has 11 rings (SSSR count). The molecule has 10 aromatic carbocycles. The van der Waals surface area contributed by atoms with Crippen LogP contribution >= 0.6 is 0 Å². The van der Waals surface area contributed by atoms with Gasteiger partial charge in [-0.3, -0.25) is 0 Å². The lowest BCUT2D eigenvalue weighted by atomic mass is 9.67. The van der Waals surface area contributed by atoms with Crippen molar-refractivity contribution in [1.29, 1.82) is 0 Å². The zero-order valence-electron chi connectivity index (χ0n) is 32.0. The summed E-state index contributed by atoms with van der Waals surface area (Å²) in [5, 5.41) is 7.74. The van der Waals surface area contributed by atoms with Crippen LogP contribution in [-0.4, -0.2) is 0 Å². The monoisotopic (exact) mass is 737 g/mol. The zero-order valence-corrected chi connectivity index (χ0v) is 32.0. The topological polar surface area (TPSA) is 3.24 Å². The minimum Gasteiger partial charge on any atom is -0.310 e. The van der Waals surface area contributed by atoms with Crippen LogP contribution in [0.1, 0.15) is 33.4 Å². The van der Waals surface area contributed by atoms with Gasteiger partial charge in [0, 0.05) is 16.8 Å². The molecule has 10 aromatic rings. The minimum absolute atomic E-state index is 0.425. The van der Waals surface area contributed by atoms with Gasteiger partial charge in [-0.2, -0.15) is 0 Å². The minimum atomic E-state index is -0.425. The van der Waals surface area contributed by atoms with Gasteiger partial charge in [0.05, 0.1) is 11.1 Å². The summed E-state index contributed by atoms with van der Waals surface area (Å²) < 4.78 is 0. The molecule has 1 nitrogen and oxygen atoms in total. The molecule has 0 unspecified atom stereocenters. The Kier molecular flexibility index (Phi) is 8.12. The molecule has 1 heteroatoms. The highest BCUT2D eigenvalue weighted by Gasteiger charge is 2.45. The van der Waals surface area contributed by atoms with Crippen LogP contribution in [0.5, 0.6) is 0 Å². The van der Waals surface area contributed by atoms with E-state index in [1.165, 1.54) is 65.7 Å². The first kappa shape index (κ1) is 33.8. The Labute approximate surface area is 339 Å². The summed E-state index contributed by atoms with van der Waals surface area (Å²) in [5.41, 5.74) is 13.0. The molecule has 58 heavy (non-hydrogen) atoms. The van der Waals surface area contributed by atoms with E-state index >= 15 is 0 Å². The van der Waals surface area contributed by atoms with Crippen LogP contribution in [0.2, 0.25) is 0 Å². The smallest absolute Gasteiger partial charge is 0.0714 e. The van der Waals surface area contributed by atoms with Crippen LogP contribution in [0.3, 0.4) is 0 Å². The van der Waals surface area contributed by atoms with Gasteiger partial charge >= 0.3 is 0 Å². The third kappa shape index (κ3) is 5.47. The second-order valence-electron chi connectivity index (χ2n) is 15.3. The number of fused-ring (bicyclic) bond motifs is 1. The molecule has 0 N–H and O–H groups in total. The quantitative estimate of drug-likeness (QED) is 0.111. The van der Waals surface area contributed by atoms with Crippen molar-refractivity contribution in [3.05, 3.63) is 258 Å². The van der Waals surface area contributed by atoms with E-state index in [4.69, 9.17) is 0 Å². The predicted molar refractivity (Wildman–Crippen MR) is 246 cm³/mol. The van der Waals surface area contributed by atoms with Crippen LogP contribution in [-0.2, 0) is 5.41 Å². The number of rotatable bonds is 8. The molecule has 0 bridgehead atoms. The lowest BCUT2D eigenvalue weighted by Crippen LogP contribution is -2.28. The van der Waals surface area contributed by atoms with Crippen LogP contribution in [0, 0.1) is 0 Å². The van der Waals surface area contributed by atoms with E-state index in [0.717, 1.165) is 28.2 Å². The van der Waals surface area contributed by atoms with E-state index in [0.29, 0.717) is 0 Å². The van der Waals surface area contributed by atoms with Crippen LogP contribution in [0.15, 0.2) is 224 Å². The average molecular weight is 738 g/mol. The van der Waals surface area contributed by atoms with Gasteiger partial charge in [-0.1, -0.05) is 194 Å². The maximum atomic E-state index is 2.46. The SMILES string of the molecule is C(=C\c1ccc(N(c2ccccc2)c2cccc3ccccc23)cc1)/c1ccc(-c2cc3c4c(ccc5cccc(c54)C3(c3ccccc3)c3ccccc3)c2)cc1. The molecule has 0 spiro atoms.